The fourth-order valence-electron chi connectivity index (χ4n) is 3.40. The van der Waals surface area contributed by atoms with Crippen molar-refractivity contribution in [2.45, 2.75) is 71.8 Å². The van der Waals surface area contributed by atoms with Crippen LogP contribution in [-0.4, -0.2) is 24.6 Å². The lowest BCUT2D eigenvalue weighted by atomic mass is 9.98. The van der Waals surface area contributed by atoms with Gasteiger partial charge in [0, 0.05) is 12.3 Å². The Balaban J connectivity index is 1.79. The molecule has 2 saturated carbocycles. The van der Waals surface area contributed by atoms with Crippen LogP contribution in [0.25, 0.3) is 0 Å². The minimum atomic E-state index is -0.167. The van der Waals surface area contributed by atoms with E-state index < -0.39 is 0 Å². The van der Waals surface area contributed by atoms with E-state index in [0.29, 0.717) is 13.0 Å². The monoisotopic (exact) mass is 296 g/mol. The van der Waals surface area contributed by atoms with Crippen LogP contribution in [0.1, 0.15) is 65.7 Å². The van der Waals surface area contributed by atoms with Crippen molar-refractivity contribution in [2.75, 3.05) is 6.61 Å². The normalized spacial score (nSPS) is 28.0. The third-order valence-corrected chi connectivity index (χ3v) is 5.02. The average molecular weight is 296 g/mol. The zero-order valence-corrected chi connectivity index (χ0v) is 13.5. The van der Waals surface area contributed by atoms with Crippen molar-refractivity contribution in [3.8, 4) is 0 Å². The van der Waals surface area contributed by atoms with Crippen molar-refractivity contribution in [2.24, 2.45) is 17.3 Å². The first-order chi connectivity index (χ1) is 9.96. The summed E-state index contributed by atoms with van der Waals surface area (Å²) < 4.78 is 10.9. The molecule has 0 spiro atoms. The van der Waals surface area contributed by atoms with Gasteiger partial charge in [0.2, 0.25) is 0 Å². The van der Waals surface area contributed by atoms with Crippen LogP contribution in [0.2, 0.25) is 0 Å². The highest BCUT2D eigenvalue weighted by molar-refractivity contribution is 5.78. The van der Waals surface area contributed by atoms with Gasteiger partial charge in [-0.15, -0.1) is 0 Å². The van der Waals surface area contributed by atoms with E-state index >= 15 is 0 Å². The van der Waals surface area contributed by atoms with Crippen molar-refractivity contribution in [1.29, 1.82) is 0 Å². The summed E-state index contributed by atoms with van der Waals surface area (Å²) >= 11 is 0. The third kappa shape index (κ3) is 3.98. The Kier molecular flexibility index (Phi) is 5.28. The topological polar surface area (TPSA) is 52.6 Å². The highest BCUT2D eigenvalue weighted by Gasteiger charge is 2.63. The van der Waals surface area contributed by atoms with Gasteiger partial charge in [0.1, 0.15) is 6.10 Å². The first-order valence-corrected chi connectivity index (χ1v) is 8.33. The van der Waals surface area contributed by atoms with Gasteiger partial charge >= 0.3 is 11.9 Å². The third-order valence-electron chi connectivity index (χ3n) is 5.02. The minimum absolute atomic E-state index is 0.0940. The fourth-order valence-corrected chi connectivity index (χ4v) is 3.40. The maximum Gasteiger partial charge on any atom is 0.310 e. The van der Waals surface area contributed by atoms with Crippen LogP contribution in [-0.2, 0) is 19.1 Å². The summed E-state index contributed by atoms with van der Waals surface area (Å²) in [7, 11) is 0. The Morgan fingerprint density at radius 1 is 1.14 bits per heavy atom. The van der Waals surface area contributed by atoms with Gasteiger partial charge < -0.3 is 9.47 Å². The Bertz CT molecular complexity index is 382. The number of hydrogen-bond donors (Lipinski definition) is 0. The number of esters is 2. The zero-order chi connectivity index (χ0) is 15.5. The summed E-state index contributed by atoms with van der Waals surface area (Å²) in [5.41, 5.74) is -0.113. The van der Waals surface area contributed by atoms with E-state index in [-0.39, 0.29) is 35.3 Å². The number of hydrogen-bond acceptors (Lipinski definition) is 4. The van der Waals surface area contributed by atoms with Gasteiger partial charge in [-0.1, -0.05) is 27.2 Å². The molecule has 0 saturated heterocycles. The van der Waals surface area contributed by atoms with Gasteiger partial charge in [-0.2, -0.15) is 0 Å². The number of ether oxygens (including phenoxy) is 2. The molecule has 2 atom stereocenters. The molecule has 0 aliphatic heterocycles. The second-order valence-electron chi connectivity index (χ2n) is 7.04. The average Bonchev–Trinajstić information content (AvgIpc) is 2.99. The molecule has 120 valence electrons. The number of carbonyl (C=O) groups excluding carboxylic acids is 2. The Morgan fingerprint density at radius 3 is 2.43 bits per heavy atom. The van der Waals surface area contributed by atoms with E-state index in [2.05, 4.69) is 13.8 Å². The number of carbonyl (C=O) groups is 2. The molecule has 2 aliphatic rings. The van der Waals surface area contributed by atoms with Crippen molar-refractivity contribution in [3.63, 3.8) is 0 Å². The van der Waals surface area contributed by atoms with E-state index in [1.165, 1.54) is 6.42 Å². The molecule has 0 radical (unpaired) electrons. The molecule has 4 nitrogen and oxygen atoms in total. The van der Waals surface area contributed by atoms with E-state index in [9.17, 15) is 9.59 Å². The highest BCUT2D eigenvalue weighted by Crippen LogP contribution is 2.59. The van der Waals surface area contributed by atoms with E-state index in [1.807, 2.05) is 6.92 Å². The van der Waals surface area contributed by atoms with Crippen LogP contribution in [0.4, 0.5) is 0 Å². The standard InChI is InChI=1S/C17H28O4/c1-4-8-14(18)20-11-13-15(17(13,2)3)16(19)21-12-9-6-5-7-10-12/h12-13,15H,4-11H2,1-3H3. The highest BCUT2D eigenvalue weighted by atomic mass is 16.5. The van der Waals surface area contributed by atoms with Crippen LogP contribution in [0.15, 0.2) is 0 Å². The Morgan fingerprint density at radius 2 is 1.81 bits per heavy atom. The predicted molar refractivity (Wildman–Crippen MR) is 79.6 cm³/mol. The Hall–Kier alpha value is -1.06. The van der Waals surface area contributed by atoms with Crippen LogP contribution < -0.4 is 0 Å². The van der Waals surface area contributed by atoms with E-state index in [1.54, 1.807) is 0 Å². The molecular formula is C17H28O4. The summed E-state index contributed by atoms with van der Waals surface area (Å²) in [6, 6.07) is 0. The molecule has 21 heavy (non-hydrogen) atoms. The maximum atomic E-state index is 12.3. The molecule has 0 N–H and O–H groups in total. The van der Waals surface area contributed by atoms with Crippen LogP contribution in [0.5, 0.6) is 0 Å². The SMILES string of the molecule is CCCC(=O)OCC1C(C(=O)OC2CCCCC2)C1(C)C. The maximum absolute atomic E-state index is 12.3. The predicted octanol–water partition coefficient (Wildman–Crippen LogP) is 3.48. The molecule has 0 bridgehead atoms. The molecule has 2 fully saturated rings. The molecule has 2 aliphatic carbocycles. The summed E-state index contributed by atoms with van der Waals surface area (Å²) in [4.78, 5) is 23.7. The molecule has 2 rings (SSSR count). The summed E-state index contributed by atoms with van der Waals surface area (Å²) in [5.74, 6) is -0.272. The van der Waals surface area contributed by atoms with Crippen LogP contribution >= 0.6 is 0 Å². The number of rotatable bonds is 6. The molecule has 0 aromatic carbocycles. The fraction of sp³-hybridized carbons (Fsp3) is 0.882. The van der Waals surface area contributed by atoms with Gasteiger partial charge in [0.05, 0.1) is 12.5 Å². The lowest BCUT2D eigenvalue weighted by molar-refractivity contribution is -0.154. The van der Waals surface area contributed by atoms with Crippen molar-refractivity contribution in [1.82, 2.24) is 0 Å². The first-order valence-electron chi connectivity index (χ1n) is 8.33. The first kappa shape index (κ1) is 16.3. The van der Waals surface area contributed by atoms with E-state index in [4.69, 9.17) is 9.47 Å². The summed E-state index contributed by atoms with van der Waals surface area (Å²) in [6.45, 7) is 6.40. The smallest absolute Gasteiger partial charge is 0.310 e. The van der Waals surface area contributed by atoms with Crippen molar-refractivity contribution < 1.29 is 19.1 Å². The van der Waals surface area contributed by atoms with Gasteiger partial charge in [-0.25, -0.2) is 0 Å². The molecule has 0 aromatic rings. The van der Waals surface area contributed by atoms with Crippen molar-refractivity contribution >= 4 is 11.9 Å². The van der Waals surface area contributed by atoms with Crippen LogP contribution in [0, 0.1) is 17.3 Å². The summed E-state index contributed by atoms with van der Waals surface area (Å²) in [5, 5.41) is 0. The Labute approximate surface area is 127 Å². The molecule has 4 heteroatoms. The largest absolute Gasteiger partial charge is 0.465 e. The lowest BCUT2D eigenvalue weighted by Gasteiger charge is -2.22. The van der Waals surface area contributed by atoms with Gasteiger partial charge in [0.15, 0.2) is 0 Å². The second-order valence-corrected chi connectivity index (χ2v) is 7.04. The van der Waals surface area contributed by atoms with Gasteiger partial charge in [-0.3, -0.25) is 9.59 Å². The lowest BCUT2D eigenvalue weighted by Crippen LogP contribution is -2.23. The van der Waals surface area contributed by atoms with Gasteiger partial charge in [-0.05, 0) is 37.5 Å². The quantitative estimate of drug-likeness (QED) is 0.704. The van der Waals surface area contributed by atoms with Crippen LogP contribution in [0.3, 0.4) is 0 Å². The molecule has 2 unspecified atom stereocenters. The zero-order valence-electron chi connectivity index (χ0n) is 13.5. The second kappa shape index (κ2) is 6.80. The molecule has 0 amide bonds. The molecule has 0 heterocycles. The minimum Gasteiger partial charge on any atom is -0.465 e. The van der Waals surface area contributed by atoms with E-state index in [0.717, 1.165) is 32.1 Å². The molecule has 0 aromatic heterocycles. The van der Waals surface area contributed by atoms with Gasteiger partial charge in [0.25, 0.3) is 0 Å². The molecular weight excluding hydrogens is 268 g/mol. The summed E-state index contributed by atoms with van der Waals surface area (Å²) in [6.07, 6.45) is 6.90. The van der Waals surface area contributed by atoms with Crippen molar-refractivity contribution in [3.05, 3.63) is 0 Å².